The number of likely N-dealkylation sites (tertiary alicyclic amines) is 1. The van der Waals surface area contributed by atoms with Gasteiger partial charge < -0.3 is 28.0 Å². The standard InChI is InChI=1S/C28H40N2O3S.C12H16N2O/c1-5-7-18-29(17-6-2)19-15-28(23-11-9-8-10-12-23)16-20-30(22-28)27(31)25-21-24(34-33-4)13-14-26(25)32-3;1-3-15-9-8-14-10(2)13-11-6-4-5-7-12(11)14/h8-14,21H,5-7,15-20,22H2,1-4H3;4-7H,3,8-9H2,1-2H3. The maximum Gasteiger partial charge on any atom is 0.257 e. The highest BCUT2D eigenvalue weighted by Gasteiger charge is 2.42. The Morgan fingerprint density at radius 3 is 2.45 bits per heavy atom. The third-order valence-corrected chi connectivity index (χ3v) is 10.0. The topological polar surface area (TPSA) is 69.1 Å². The van der Waals surface area contributed by atoms with Crippen LogP contribution in [-0.2, 0) is 20.9 Å². The highest BCUT2D eigenvalue weighted by atomic mass is 32.2. The zero-order valence-electron chi connectivity index (χ0n) is 30.5. The largest absolute Gasteiger partial charge is 0.496 e. The SMILES string of the molecule is CCCCN(CCC)CCC1(c2ccccc2)CCN(C(=O)c2cc(SOC)ccc2OC)C1.CCOCCn1c(C)nc2ccccc21. The van der Waals surface area contributed by atoms with Crippen LogP contribution in [0.2, 0.25) is 0 Å². The molecule has 1 atom stereocenters. The van der Waals surface area contributed by atoms with Crippen LogP contribution in [0.5, 0.6) is 5.75 Å². The Kier molecular flexibility index (Phi) is 15.5. The van der Waals surface area contributed by atoms with E-state index in [2.05, 4.69) is 64.7 Å². The van der Waals surface area contributed by atoms with Crippen molar-refractivity contribution in [1.82, 2.24) is 19.4 Å². The highest BCUT2D eigenvalue weighted by Crippen LogP contribution is 2.39. The number of carbonyl (C=O) groups is 1. The van der Waals surface area contributed by atoms with Crippen molar-refractivity contribution in [1.29, 1.82) is 0 Å². The second-order valence-corrected chi connectivity index (χ2v) is 13.6. The van der Waals surface area contributed by atoms with Gasteiger partial charge in [0, 0.05) is 48.6 Å². The van der Waals surface area contributed by atoms with Gasteiger partial charge in [-0.05, 0) is 95.1 Å². The number of rotatable bonds is 17. The monoisotopic (exact) mass is 688 g/mol. The summed E-state index contributed by atoms with van der Waals surface area (Å²) in [7, 11) is 3.25. The van der Waals surface area contributed by atoms with Crippen LogP contribution in [0, 0.1) is 6.92 Å². The van der Waals surface area contributed by atoms with Crippen molar-refractivity contribution < 1.29 is 18.5 Å². The van der Waals surface area contributed by atoms with Gasteiger partial charge in [-0.2, -0.15) is 0 Å². The number of nitrogens with zero attached hydrogens (tertiary/aromatic N) is 4. The number of aryl methyl sites for hydroxylation is 1. The molecule has 0 saturated carbocycles. The fourth-order valence-electron chi connectivity index (χ4n) is 6.78. The Bertz CT molecular complexity index is 1580. The van der Waals surface area contributed by atoms with E-state index in [-0.39, 0.29) is 11.3 Å². The van der Waals surface area contributed by atoms with Gasteiger partial charge in [-0.25, -0.2) is 4.98 Å². The van der Waals surface area contributed by atoms with Crippen LogP contribution in [0.1, 0.15) is 74.6 Å². The average molecular weight is 689 g/mol. The summed E-state index contributed by atoms with van der Waals surface area (Å²) in [4.78, 5) is 23.7. The first-order valence-corrected chi connectivity index (χ1v) is 18.6. The number of hydrogen-bond acceptors (Lipinski definition) is 7. The third-order valence-electron chi connectivity index (χ3n) is 9.39. The van der Waals surface area contributed by atoms with Crippen LogP contribution in [0.15, 0.2) is 77.7 Å². The van der Waals surface area contributed by atoms with Gasteiger partial charge in [0.2, 0.25) is 0 Å². The fraction of sp³-hybridized carbons (Fsp3) is 0.500. The molecule has 0 bridgehead atoms. The fourth-order valence-corrected chi connectivity index (χ4v) is 7.26. The van der Waals surface area contributed by atoms with Gasteiger partial charge >= 0.3 is 0 Å². The lowest BCUT2D eigenvalue weighted by Crippen LogP contribution is -2.38. The molecule has 8 nitrogen and oxygen atoms in total. The Labute approximate surface area is 298 Å². The van der Waals surface area contributed by atoms with Crippen LogP contribution in [-0.4, -0.2) is 85.4 Å². The van der Waals surface area contributed by atoms with Crippen LogP contribution >= 0.6 is 12.0 Å². The van der Waals surface area contributed by atoms with Gasteiger partial charge in [0.1, 0.15) is 11.6 Å². The van der Waals surface area contributed by atoms with E-state index < -0.39 is 0 Å². The number of aromatic nitrogens is 2. The van der Waals surface area contributed by atoms with E-state index in [1.54, 1.807) is 14.2 Å². The van der Waals surface area contributed by atoms with Crippen molar-refractivity contribution in [3.63, 3.8) is 0 Å². The first-order valence-electron chi connectivity index (χ1n) is 17.8. The van der Waals surface area contributed by atoms with E-state index in [9.17, 15) is 4.79 Å². The molecule has 1 aliphatic rings. The Morgan fingerprint density at radius 1 is 0.959 bits per heavy atom. The predicted molar refractivity (Wildman–Crippen MR) is 202 cm³/mol. The summed E-state index contributed by atoms with van der Waals surface area (Å²) in [6.07, 6.45) is 5.65. The van der Waals surface area contributed by atoms with Crippen LogP contribution in [0.25, 0.3) is 11.0 Å². The molecule has 1 fully saturated rings. The van der Waals surface area contributed by atoms with E-state index >= 15 is 0 Å². The van der Waals surface area contributed by atoms with Gasteiger partial charge in [0.25, 0.3) is 5.91 Å². The minimum absolute atomic E-state index is 0.0265. The summed E-state index contributed by atoms with van der Waals surface area (Å²) in [5.41, 5.74) is 4.17. The van der Waals surface area contributed by atoms with Gasteiger partial charge in [-0.1, -0.05) is 62.7 Å². The number of methoxy groups -OCH3 is 1. The van der Waals surface area contributed by atoms with Crippen LogP contribution < -0.4 is 4.74 Å². The normalized spacial score (nSPS) is 15.9. The average Bonchev–Trinajstić information content (AvgIpc) is 3.71. The van der Waals surface area contributed by atoms with Gasteiger partial charge in [-0.3, -0.25) is 4.79 Å². The molecule has 9 heteroatoms. The van der Waals surface area contributed by atoms with Crippen LogP contribution in [0.4, 0.5) is 0 Å². The quantitative estimate of drug-likeness (QED) is 0.0815. The van der Waals surface area contributed by atoms with E-state index in [0.29, 0.717) is 11.3 Å². The number of imidazole rings is 1. The molecular weight excluding hydrogens is 633 g/mol. The molecular formula is C40H56N4O4S. The molecule has 49 heavy (non-hydrogen) atoms. The van der Waals surface area contributed by atoms with Gasteiger partial charge in [0.05, 0.1) is 37.4 Å². The van der Waals surface area contributed by atoms with Crippen molar-refractivity contribution in [2.75, 3.05) is 60.2 Å². The Hall–Kier alpha value is -3.37. The molecule has 3 aromatic carbocycles. The first kappa shape index (κ1) is 38.4. The molecule has 1 unspecified atom stereocenters. The van der Waals surface area contributed by atoms with Crippen molar-refractivity contribution in [3.8, 4) is 5.75 Å². The number of carbonyl (C=O) groups excluding carboxylic acids is 1. The zero-order valence-corrected chi connectivity index (χ0v) is 31.3. The van der Waals surface area contributed by atoms with Gasteiger partial charge in [-0.15, -0.1) is 0 Å². The van der Waals surface area contributed by atoms with Crippen molar-refractivity contribution in [3.05, 3.63) is 89.7 Å². The number of ether oxygens (including phenoxy) is 2. The number of amides is 1. The molecule has 1 aromatic heterocycles. The van der Waals surface area contributed by atoms with Crippen molar-refractivity contribution in [2.24, 2.45) is 0 Å². The maximum absolute atomic E-state index is 13.7. The zero-order chi connectivity index (χ0) is 35.1. The summed E-state index contributed by atoms with van der Waals surface area (Å²) in [6, 6.07) is 24.6. The molecule has 0 aliphatic carbocycles. The summed E-state index contributed by atoms with van der Waals surface area (Å²) < 4.78 is 18.3. The van der Waals surface area contributed by atoms with Crippen molar-refractivity contribution >= 4 is 29.0 Å². The minimum Gasteiger partial charge on any atom is -0.496 e. The molecule has 1 amide bonds. The van der Waals surface area contributed by atoms with E-state index in [1.165, 1.54) is 42.4 Å². The summed E-state index contributed by atoms with van der Waals surface area (Å²) in [5.74, 6) is 1.69. The predicted octanol–water partition coefficient (Wildman–Crippen LogP) is 8.42. The number of unbranched alkanes of at least 4 members (excludes halogenated alkanes) is 1. The van der Waals surface area contributed by atoms with E-state index in [0.717, 1.165) is 81.6 Å². The highest BCUT2D eigenvalue weighted by molar-refractivity contribution is 7.94. The molecule has 2 heterocycles. The molecule has 1 saturated heterocycles. The van der Waals surface area contributed by atoms with Crippen molar-refractivity contribution in [2.45, 2.75) is 76.7 Å². The molecule has 4 aromatic rings. The second kappa shape index (κ2) is 19.7. The lowest BCUT2D eigenvalue weighted by atomic mass is 9.76. The molecule has 0 radical (unpaired) electrons. The summed E-state index contributed by atoms with van der Waals surface area (Å²) in [5, 5.41) is 0. The Balaban J connectivity index is 0.000000299. The first-order chi connectivity index (χ1) is 23.9. The number of hydrogen-bond donors (Lipinski definition) is 0. The number of benzene rings is 3. The lowest BCUT2D eigenvalue weighted by Gasteiger charge is -2.33. The van der Waals surface area contributed by atoms with E-state index in [4.69, 9.17) is 13.7 Å². The molecule has 266 valence electrons. The van der Waals surface area contributed by atoms with Crippen LogP contribution in [0.3, 0.4) is 0 Å². The number of para-hydroxylation sites is 2. The minimum atomic E-state index is -0.0265. The summed E-state index contributed by atoms with van der Waals surface area (Å²) >= 11 is 1.26. The molecule has 0 spiro atoms. The lowest BCUT2D eigenvalue weighted by molar-refractivity contribution is 0.0777. The number of fused-ring (bicyclic) bond motifs is 1. The smallest absolute Gasteiger partial charge is 0.257 e. The molecule has 5 rings (SSSR count). The molecule has 1 aliphatic heterocycles. The Morgan fingerprint density at radius 2 is 1.73 bits per heavy atom. The van der Waals surface area contributed by atoms with E-state index in [1.807, 2.05) is 55.1 Å². The second-order valence-electron chi connectivity index (χ2n) is 12.7. The molecule has 0 N–H and O–H groups in total. The maximum atomic E-state index is 13.7. The third kappa shape index (κ3) is 10.3. The summed E-state index contributed by atoms with van der Waals surface area (Å²) in [6.45, 7) is 15.8. The van der Waals surface area contributed by atoms with Gasteiger partial charge in [0.15, 0.2) is 0 Å².